The van der Waals surface area contributed by atoms with Crippen molar-refractivity contribution in [3.05, 3.63) is 18.1 Å². The lowest BCUT2D eigenvalue weighted by Gasteiger charge is -2.37. The fraction of sp³-hybridized carbons (Fsp3) is 0.688. The number of carbonyl (C=O) groups is 1. The lowest BCUT2D eigenvalue weighted by Crippen LogP contribution is -2.47. The van der Waals surface area contributed by atoms with Gasteiger partial charge in [0.25, 0.3) is 5.91 Å². The zero-order valence-corrected chi connectivity index (χ0v) is 14.0. The predicted molar refractivity (Wildman–Crippen MR) is 85.2 cm³/mol. The van der Waals surface area contributed by atoms with Gasteiger partial charge >= 0.3 is 0 Å². The number of hydrogen-bond donors (Lipinski definition) is 1. The molecule has 2 saturated heterocycles. The van der Waals surface area contributed by atoms with E-state index in [9.17, 15) is 4.79 Å². The predicted octanol–water partition coefficient (Wildman–Crippen LogP) is 1.67. The van der Waals surface area contributed by atoms with Crippen LogP contribution in [0.4, 0.5) is 5.82 Å². The molecule has 23 heavy (non-hydrogen) atoms. The highest BCUT2D eigenvalue weighted by Gasteiger charge is 2.41. The van der Waals surface area contributed by atoms with Gasteiger partial charge in [-0.25, -0.2) is 9.97 Å². The Labute approximate surface area is 136 Å². The Kier molecular flexibility index (Phi) is 4.25. The quantitative estimate of drug-likeness (QED) is 0.893. The Morgan fingerprint density at radius 3 is 2.48 bits per heavy atom. The molecule has 1 amide bonds. The summed E-state index contributed by atoms with van der Waals surface area (Å²) in [5.41, 5.74) is 0.291. The summed E-state index contributed by atoms with van der Waals surface area (Å²) < 4.78 is 11.4. The van der Waals surface area contributed by atoms with Crippen LogP contribution in [0.1, 0.15) is 44.1 Å². The van der Waals surface area contributed by atoms with Crippen molar-refractivity contribution in [3.63, 3.8) is 0 Å². The zero-order valence-electron chi connectivity index (χ0n) is 14.0. The first-order valence-corrected chi connectivity index (χ1v) is 8.04. The number of hydrogen-bond acceptors (Lipinski definition) is 6. The summed E-state index contributed by atoms with van der Waals surface area (Å²) in [6.45, 7) is 8.64. The lowest BCUT2D eigenvalue weighted by molar-refractivity contribution is -0.181. The minimum Gasteiger partial charge on any atom is -0.365 e. The third kappa shape index (κ3) is 3.79. The van der Waals surface area contributed by atoms with Crippen molar-refractivity contribution >= 4 is 11.7 Å². The number of anilines is 1. The second kappa shape index (κ2) is 6.05. The summed E-state index contributed by atoms with van der Waals surface area (Å²) >= 11 is 0. The number of carbonyl (C=O) groups excluding carboxylic acids is 1. The molecule has 0 radical (unpaired) electrons. The molecule has 7 heteroatoms. The van der Waals surface area contributed by atoms with Crippen molar-refractivity contribution in [1.29, 1.82) is 0 Å². The highest BCUT2D eigenvalue weighted by atomic mass is 16.7. The van der Waals surface area contributed by atoms with E-state index in [1.807, 2.05) is 20.8 Å². The van der Waals surface area contributed by atoms with Crippen LogP contribution in [0.25, 0.3) is 0 Å². The molecule has 0 aliphatic carbocycles. The molecular formula is C16H24N4O3. The van der Waals surface area contributed by atoms with Crippen molar-refractivity contribution in [2.75, 3.05) is 31.6 Å². The number of likely N-dealkylation sites (tertiary alicyclic amines) is 1. The highest BCUT2D eigenvalue weighted by molar-refractivity contribution is 5.93. The van der Waals surface area contributed by atoms with Crippen LogP contribution in [0, 0.1) is 0 Å². The smallest absolute Gasteiger partial charge is 0.272 e. The Balaban J connectivity index is 1.65. The SMILES string of the molecule is CC(C)(C)Nc1cc(C(=O)N2CCC3(CC2)OCCO3)ncn1. The Bertz CT molecular complexity index is 569. The van der Waals surface area contributed by atoms with Crippen LogP contribution in [0.5, 0.6) is 0 Å². The van der Waals surface area contributed by atoms with Gasteiger partial charge in [-0.15, -0.1) is 0 Å². The van der Waals surface area contributed by atoms with Gasteiger partial charge < -0.3 is 19.7 Å². The van der Waals surface area contributed by atoms with E-state index in [-0.39, 0.29) is 11.4 Å². The van der Waals surface area contributed by atoms with E-state index in [0.29, 0.717) is 50.7 Å². The number of amides is 1. The highest BCUT2D eigenvalue weighted by Crippen LogP contribution is 2.31. The molecule has 0 atom stereocenters. The van der Waals surface area contributed by atoms with Crippen LogP contribution in [0.3, 0.4) is 0 Å². The maximum absolute atomic E-state index is 12.6. The summed E-state index contributed by atoms with van der Waals surface area (Å²) in [7, 11) is 0. The van der Waals surface area contributed by atoms with Crippen LogP contribution < -0.4 is 5.32 Å². The molecule has 3 heterocycles. The van der Waals surface area contributed by atoms with Crippen LogP contribution in [-0.4, -0.2) is 58.4 Å². The lowest BCUT2D eigenvalue weighted by atomic mass is 10.0. The van der Waals surface area contributed by atoms with Crippen molar-refractivity contribution in [2.24, 2.45) is 0 Å². The first-order chi connectivity index (χ1) is 10.9. The second-order valence-electron chi connectivity index (χ2n) is 7.06. The molecule has 0 bridgehead atoms. The number of nitrogens with one attached hydrogen (secondary N) is 1. The van der Waals surface area contributed by atoms with Crippen LogP contribution in [0.2, 0.25) is 0 Å². The van der Waals surface area contributed by atoms with E-state index in [1.165, 1.54) is 6.33 Å². The minimum absolute atomic E-state index is 0.0720. The molecule has 0 aromatic carbocycles. The zero-order chi connectivity index (χ0) is 16.5. The molecule has 7 nitrogen and oxygen atoms in total. The number of ether oxygens (including phenoxy) is 2. The van der Waals surface area contributed by atoms with E-state index in [1.54, 1.807) is 11.0 Å². The molecule has 2 aliphatic rings. The summed E-state index contributed by atoms with van der Waals surface area (Å²) in [6.07, 6.45) is 2.84. The molecule has 0 saturated carbocycles. The average molecular weight is 320 g/mol. The topological polar surface area (TPSA) is 76.6 Å². The molecule has 2 fully saturated rings. The molecule has 1 spiro atoms. The van der Waals surface area contributed by atoms with E-state index >= 15 is 0 Å². The maximum atomic E-state index is 12.6. The Hall–Kier alpha value is -1.73. The monoisotopic (exact) mass is 320 g/mol. The van der Waals surface area contributed by atoms with Gasteiger partial charge in [-0.05, 0) is 20.8 Å². The van der Waals surface area contributed by atoms with Crippen LogP contribution in [-0.2, 0) is 9.47 Å². The molecule has 3 rings (SSSR count). The third-order valence-electron chi connectivity index (χ3n) is 4.02. The Morgan fingerprint density at radius 1 is 1.22 bits per heavy atom. The standard InChI is InChI=1S/C16H24N4O3/c1-15(2,3)19-13-10-12(17-11-18-13)14(21)20-6-4-16(5-7-20)22-8-9-23-16/h10-11H,4-9H2,1-3H3,(H,17,18,19). The molecule has 2 aliphatic heterocycles. The fourth-order valence-corrected chi connectivity index (χ4v) is 2.93. The van der Waals surface area contributed by atoms with Gasteiger partial charge in [0.1, 0.15) is 17.8 Å². The van der Waals surface area contributed by atoms with E-state index in [0.717, 1.165) is 0 Å². The van der Waals surface area contributed by atoms with E-state index in [4.69, 9.17) is 9.47 Å². The number of rotatable bonds is 2. The molecular weight excluding hydrogens is 296 g/mol. The normalized spacial score (nSPS) is 20.7. The number of nitrogens with zero attached hydrogens (tertiary/aromatic N) is 3. The van der Waals surface area contributed by atoms with Gasteiger partial charge in [-0.2, -0.15) is 0 Å². The van der Waals surface area contributed by atoms with Gasteiger partial charge in [0, 0.05) is 37.5 Å². The molecule has 126 valence electrons. The van der Waals surface area contributed by atoms with E-state index in [2.05, 4.69) is 15.3 Å². The first kappa shape index (κ1) is 16.1. The van der Waals surface area contributed by atoms with Crippen LogP contribution in [0.15, 0.2) is 12.4 Å². The number of aromatic nitrogens is 2. The van der Waals surface area contributed by atoms with Gasteiger partial charge in [0.05, 0.1) is 13.2 Å². The maximum Gasteiger partial charge on any atom is 0.272 e. The minimum atomic E-state index is -0.471. The Morgan fingerprint density at radius 2 is 1.87 bits per heavy atom. The largest absolute Gasteiger partial charge is 0.365 e. The van der Waals surface area contributed by atoms with Crippen molar-refractivity contribution < 1.29 is 14.3 Å². The third-order valence-corrected chi connectivity index (χ3v) is 4.02. The summed E-state index contributed by atoms with van der Waals surface area (Å²) in [6, 6.07) is 1.71. The van der Waals surface area contributed by atoms with Gasteiger partial charge in [0.2, 0.25) is 0 Å². The summed E-state index contributed by atoms with van der Waals surface area (Å²) in [5, 5.41) is 3.26. The molecule has 1 aromatic heterocycles. The van der Waals surface area contributed by atoms with Gasteiger partial charge in [-0.3, -0.25) is 4.79 Å². The first-order valence-electron chi connectivity index (χ1n) is 8.04. The summed E-state index contributed by atoms with van der Waals surface area (Å²) in [5.74, 6) is 0.116. The van der Waals surface area contributed by atoms with Crippen molar-refractivity contribution in [1.82, 2.24) is 14.9 Å². The second-order valence-corrected chi connectivity index (χ2v) is 7.06. The number of piperidine rings is 1. The molecule has 1 N–H and O–H groups in total. The van der Waals surface area contributed by atoms with Gasteiger partial charge in [0.15, 0.2) is 5.79 Å². The van der Waals surface area contributed by atoms with Gasteiger partial charge in [-0.1, -0.05) is 0 Å². The molecule has 1 aromatic rings. The van der Waals surface area contributed by atoms with Crippen LogP contribution >= 0.6 is 0 Å². The van der Waals surface area contributed by atoms with Crippen molar-refractivity contribution in [3.8, 4) is 0 Å². The summed E-state index contributed by atoms with van der Waals surface area (Å²) in [4.78, 5) is 22.8. The van der Waals surface area contributed by atoms with Crippen molar-refractivity contribution in [2.45, 2.75) is 44.9 Å². The molecule has 0 unspecified atom stereocenters. The van der Waals surface area contributed by atoms with E-state index < -0.39 is 5.79 Å². The average Bonchev–Trinajstić information content (AvgIpc) is 2.94. The fourth-order valence-electron chi connectivity index (χ4n) is 2.93.